The molecule has 0 saturated heterocycles. The first-order chi connectivity index (χ1) is 10.7. The summed E-state index contributed by atoms with van der Waals surface area (Å²) < 4.78 is 10.6. The van der Waals surface area contributed by atoms with E-state index < -0.39 is 0 Å². The number of rotatable bonds is 5. The Labute approximate surface area is 128 Å². The Hall–Kier alpha value is -2.44. The fourth-order valence-electron chi connectivity index (χ4n) is 2.18. The summed E-state index contributed by atoms with van der Waals surface area (Å²) >= 11 is 0. The molecule has 2 heterocycles. The third-order valence-electron chi connectivity index (χ3n) is 3.24. The molecule has 0 saturated carbocycles. The molecule has 0 amide bonds. The van der Waals surface area contributed by atoms with Crippen molar-refractivity contribution in [3.63, 3.8) is 0 Å². The number of aromatic nitrogens is 2. The monoisotopic (exact) mass is 298 g/mol. The molecule has 0 fully saturated rings. The first-order valence-electron chi connectivity index (χ1n) is 7.01. The largest absolute Gasteiger partial charge is 0.467 e. The smallest absolute Gasteiger partial charge is 0.261 e. The molecule has 2 aromatic heterocycles. The zero-order valence-electron chi connectivity index (χ0n) is 12.6. The van der Waals surface area contributed by atoms with E-state index in [1.807, 2.05) is 26.2 Å². The van der Waals surface area contributed by atoms with Gasteiger partial charge < -0.3 is 19.6 Å². The average molecular weight is 298 g/mol. The van der Waals surface area contributed by atoms with Crippen molar-refractivity contribution < 1.29 is 8.94 Å². The lowest BCUT2D eigenvalue weighted by atomic mass is 10.1. The van der Waals surface area contributed by atoms with E-state index in [1.54, 1.807) is 12.3 Å². The minimum absolute atomic E-state index is 0.342. The second kappa shape index (κ2) is 6.13. The van der Waals surface area contributed by atoms with Crippen LogP contribution in [-0.4, -0.2) is 29.1 Å². The highest BCUT2D eigenvalue weighted by Crippen LogP contribution is 2.24. The number of hydrogen-bond acceptors (Lipinski definition) is 6. The molecule has 0 aliphatic heterocycles. The summed E-state index contributed by atoms with van der Waals surface area (Å²) in [6.07, 6.45) is 1.57. The third kappa shape index (κ3) is 3.08. The van der Waals surface area contributed by atoms with E-state index in [0.29, 0.717) is 24.0 Å². The lowest BCUT2D eigenvalue weighted by molar-refractivity contribution is 0.402. The molecule has 0 unspecified atom stereocenters. The normalized spacial score (nSPS) is 11.3. The van der Waals surface area contributed by atoms with Crippen LogP contribution in [0.3, 0.4) is 0 Å². The van der Waals surface area contributed by atoms with E-state index in [-0.39, 0.29) is 0 Å². The number of nitrogens with two attached hydrogens (primary N) is 1. The third-order valence-corrected chi connectivity index (χ3v) is 3.24. The van der Waals surface area contributed by atoms with Gasteiger partial charge in [0.25, 0.3) is 5.89 Å². The van der Waals surface area contributed by atoms with Crippen molar-refractivity contribution in [2.24, 2.45) is 5.73 Å². The van der Waals surface area contributed by atoms with Crippen molar-refractivity contribution in [2.45, 2.75) is 13.1 Å². The van der Waals surface area contributed by atoms with Gasteiger partial charge in [0.15, 0.2) is 0 Å². The molecule has 3 aromatic rings. The highest BCUT2D eigenvalue weighted by Gasteiger charge is 2.13. The van der Waals surface area contributed by atoms with Crippen LogP contribution in [0.1, 0.15) is 11.3 Å². The Kier molecular flexibility index (Phi) is 4.04. The maximum atomic E-state index is 5.52. The summed E-state index contributed by atoms with van der Waals surface area (Å²) in [7, 11) is 4.08. The predicted molar refractivity (Wildman–Crippen MR) is 82.7 cm³/mol. The molecule has 114 valence electrons. The topological polar surface area (TPSA) is 81.3 Å². The molecule has 0 radical (unpaired) electrons. The van der Waals surface area contributed by atoms with E-state index in [9.17, 15) is 0 Å². The average Bonchev–Trinajstić information content (AvgIpc) is 3.16. The second-order valence-corrected chi connectivity index (χ2v) is 5.36. The second-order valence-electron chi connectivity index (χ2n) is 5.36. The molecule has 2 N–H and O–H groups in total. The van der Waals surface area contributed by atoms with Crippen LogP contribution < -0.4 is 5.73 Å². The van der Waals surface area contributed by atoms with Crippen LogP contribution >= 0.6 is 0 Å². The quantitative estimate of drug-likeness (QED) is 0.779. The summed E-state index contributed by atoms with van der Waals surface area (Å²) in [6, 6.07) is 9.92. The van der Waals surface area contributed by atoms with Crippen LogP contribution in [0.2, 0.25) is 0 Å². The van der Waals surface area contributed by atoms with Crippen LogP contribution in [0, 0.1) is 0 Å². The van der Waals surface area contributed by atoms with E-state index in [2.05, 4.69) is 27.2 Å². The van der Waals surface area contributed by atoms with Gasteiger partial charge in [-0.2, -0.15) is 4.98 Å². The standard InChI is InChI=1S/C16H18N4O2/c1-20(2)9-11-3-5-12(6-4-11)15-18-16(22-19-15)13-7-14(8-17)21-10-13/h3-7,10H,8-9,17H2,1-2H3. The molecule has 22 heavy (non-hydrogen) atoms. The van der Waals surface area contributed by atoms with Gasteiger partial charge in [-0.15, -0.1) is 0 Å². The van der Waals surface area contributed by atoms with Gasteiger partial charge >= 0.3 is 0 Å². The minimum atomic E-state index is 0.342. The van der Waals surface area contributed by atoms with E-state index >= 15 is 0 Å². The molecule has 0 atom stereocenters. The molecule has 3 rings (SSSR count). The molecule has 0 spiro atoms. The van der Waals surface area contributed by atoms with Crippen LogP contribution in [0.4, 0.5) is 0 Å². The van der Waals surface area contributed by atoms with Crippen molar-refractivity contribution in [2.75, 3.05) is 14.1 Å². The maximum Gasteiger partial charge on any atom is 0.261 e. The number of hydrogen-bond donors (Lipinski definition) is 1. The zero-order chi connectivity index (χ0) is 15.5. The van der Waals surface area contributed by atoms with Gasteiger partial charge in [-0.25, -0.2) is 0 Å². The molecule has 6 nitrogen and oxygen atoms in total. The number of benzene rings is 1. The highest BCUT2D eigenvalue weighted by atomic mass is 16.5. The summed E-state index contributed by atoms with van der Waals surface area (Å²) in [6.45, 7) is 1.24. The molecule has 0 aliphatic rings. The van der Waals surface area contributed by atoms with Crippen LogP contribution in [0.5, 0.6) is 0 Å². The Morgan fingerprint density at radius 2 is 1.91 bits per heavy atom. The van der Waals surface area contributed by atoms with Gasteiger partial charge in [0.1, 0.15) is 12.0 Å². The lowest BCUT2D eigenvalue weighted by Crippen LogP contribution is -2.10. The summed E-state index contributed by atoms with van der Waals surface area (Å²) in [5, 5.41) is 4.02. The van der Waals surface area contributed by atoms with Crippen molar-refractivity contribution in [3.8, 4) is 22.8 Å². The van der Waals surface area contributed by atoms with Crippen molar-refractivity contribution >= 4 is 0 Å². The van der Waals surface area contributed by atoms with Crippen LogP contribution in [0.25, 0.3) is 22.8 Å². The maximum absolute atomic E-state index is 5.52. The highest BCUT2D eigenvalue weighted by molar-refractivity contribution is 5.59. The van der Waals surface area contributed by atoms with Gasteiger partial charge in [-0.05, 0) is 25.7 Å². The minimum Gasteiger partial charge on any atom is -0.467 e. The first kappa shape index (κ1) is 14.5. The van der Waals surface area contributed by atoms with Gasteiger partial charge in [0, 0.05) is 12.1 Å². The summed E-state index contributed by atoms with van der Waals surface area (Å²) in [5.41, 5.74) is 8.41. The van der Waals surface area contributed by atoms with Crippen LogP contribution in [-0.2, 0) is 13.1 Å². The Balaban J connectivity index is 1.81. The number of nitrogens with zero attached hydrogens (tertiary/aromatic N) is 3. The van der Waals surface area contributed by atoms with Crippen LogP contribution in [0.15, 0.2) is 45.5 Å². The molecule has 6 heteroatoms. The van der Waals surface area contributed by atoms with Gasteiger partial charge in [0.05, 0.1) is 12.1 Å². The molecular weight excluding hydrogens is 280 g/mol. The van der Waals surface area contributed by atoms with E-state index in [4.69, 9.17) is 14.7 Å². The summed E-state index contributed by atoms with van der Waals surface area (Å²) in [5.74, 6) is 1.67. The first-order valence-corrected chi connectivity index (χ1v) is 7.01. The van der Waals surface area contributed by atoms with Crippen molar-refractivity contribution in [1.29, 1.82) is 0 Å². The Morgan fingerprint density at radius 3 is 2.55 bits per heavy atom. The summed E-state index contributed by atoms with van der Waals surface area (Å²) in [4.78, 5) is 6.52. The Bertz CT molecular complexity index is 744. The fraction of sp³-hybridized carbons (Fsp3) is 0.250. The Morgan fingerprint density at radius 1 is 1.14 bits per heavy atom. The molecule has 0 bridgehead atoms. The SMILES string of the molecule is CN(C)Cc1ccc(-c2noc(-c3coc(CN)c3)n2)cc1. The van der Waals surface area contributed by atoms with Crippen molar-refractivity contribution in [1.82, 2.24) is 15.0 Å². The lowest BCUT2D eigenvalue weighted by Gasteiger charge is -2.09. The zero-order valence-corrected chi connectivity index (χ0v) is 12.6. The van der Waals surface area contributed by atoms with Gasteiger partial charge in [-0.1, -0.05) is 29.4 Å². The van der Waals surface area contributed by atoms with E-state index in [0.717, 1.165) is 17.7 Å². The number of furan rings is 1. The molecule has 0 aliphatic carbocycles. The fourth-order valence-corrected chi connectivity index (χ4v) is 2.18. The van der Waals surface area contributed by atoms with Crippen molar-refractivity contribution in [3.05, 3.63) is 47.9 Å². The van der Waals surface area contributed by atoms with Gasteiger partial charge in [-0.3, -0.25) is 0 Å². The molecular formula is C16H18N4O2. The van der Waals surface area contributed by atoms with Gasteiger partial charge in [0.2, 0.25) is 5.82 Å². The predicted octanol–water partition coefficient (Wildman–Crippen LogP) is 2.52. The van der Waals surface area contributed by atoms with E-state index in [1.165, 1.54) is 5.56 Å². The molecule has 1 aromatic carbocycles.